The highest BCUT2D eigenvalue weighted by Crippen LogP contribution is 2.25. The van der Waals surface area contributed by atoms with Crippen molar-refractivity contribution in [3.8, 4) is 0 Å². The van der Waals surface area contributed by atoms with E-state index in [1.165, 1.54) is 12.1 Å². The molecule has 0 aliphatic heterocycles. The lowest BCUT2D eigenvalue weighted by Gasteiger charge is -2.22. The van der Waals surface area contributed by atoms with Crippen molar-refractivity contribution in [1.82, 2.24) is 5.32 Å². The summed E-state index contributed by atoms with van der Waals surface area (Å²) in [5, 5.41) is 16.4. The number of nitro benzene ring substituents is 1. The van der Waals surface area contributed by atoms with Crippen LogP contribution in [0, 0.1) is 23.0 Å². The lowest BCUT2D eigenvalue weighted by molar-refractivity contribution is -0.384. The summed E-state index contributed by atoms with van der Waals surface area (Å²) in [6, 6.07) is 10.2. The average Bonchev–Trinajstić information content (AvgIpc) is 2.61. The summed E-state index contributed by atoms with van der Waals surface area (Å²) in [5.41, 5.74) is 1.24. The Balaban J connectivity index is 2.19. The maximum atomic E-state index is 12.6. The highest BCUT2D eigenvalue weighted by atomic mass is 35.5. The molecule has 2 aromatic rings. The molecule has 2 rings (SSSR count). The van der Waals surface area contributed by atoms with E-state index < -0.39 is 16.9 Å². The zero-order chi connectivity index (χ0) is 20.1. The van der Waals surface area contributed by atoms with Crippen LogP contribution in [0.1, 0.15) is 29.8 Å². The van der Waals surface area contributed by atoms with Gasteiger partial charge in [-0.1, -0.05) is 43.6 Å². The molecule has 0 saturated heterocycles. The molecule has 0 fully saturated rings. The van der Waals surface area contributed by atoms with Crippen LogP contribution in [0.5, 0.6) is 0 Å². The Morgan fingerprint density at radius 3 is 2.41 bits per heavy atom. The Kier molecular flexibility index (Phi) is 6.52. The normalized spacial score (nSPS) is 11.7. The van der Waals surface area contributed by atoms with Crippen LogP contribution in [0.2, 0.25) is 5.02 Å². The standard InChI is InChI=1S/C19H20ClN3O4/c1-11(2)17(19(25)21-15-7-5-4-6-12(15)3)22-18(24)13-8-9-14(20)16(10-13)23(26)27/h4-11,17H,1-3H3,(H,21,25)(H,22,24)/t17-/m0/s1. The van der Waals surface area contributed by atoms with Gasteiger partial charge >= 0.3 is 0 Å². The molecule has 0 aromatic heterocycles. The number of aryl methyl sites for hydroxylation is 1. The summed E-state index contributed by atoms with van der Waals surface area (Å²) in [7, 11) is 0. The van der Waals surface area contributed by atoms with Crippen molar-refractivity contribution in [2.45, 2.75) is 26.8 Å². The molecule has 0 radical (unpaired) electrons. The number of carbonyl (C=O) groups excluding carboxylic acids is 2. The van der Waals surface area contributed by atoms with E-state index in [1.54, 1.807) is 26.0 Å². The number of hydrogen-bond acceptors (Lipinski definition) is 4. The maximum absolute atomic E-state index is 12.6. The average molecular weight is 390 g/mol. The number of anilines is 1. The lowest BCUT2D eigenvalue weighted by Crippen LogP contribution is -2.47. The first kappa shape index (κ1) is 20.4. The summed E-state index contributed by atoms with van der Waals surface area (Å²) in [6.07, 6.45) is 0. The zero-order valence-electron chi connectivity index (χ0n) is 15.2. The van der Waals surface area contributed by atoms with E-state index >= 15 is 0 Å². The van der Waals surface area contributed by atoms with Gasteiger partial charge in [0, 0.05) is 17.3 Å². The number of nitrogens with zero attached hydrogens (tertiary/aromatic N) is 1. The lowest BCUT2D eigenvalue weighted by atomic mass is 10.0. The number of halogens is 1. The van der Waals surface area contributed by atoms with Crippen molar-refractivity contribution < 1.29 is 14.5 Å². The second-order valence-electron chi connectivity index (χ2n) is 6.42. The smallest absolute Gasteiger partial charge is 0.288 e. The fraction of sp³-hybridized carbons (Fsp3) is 0.263. The van der Waals surface area contributed by atoms with E-state index in [9.17, 15) is 19.7 Å². The molecule has 27 heavy (non-hydrogen) atoms. The van der Waals surface area contributed by atoms with Crippen LogP contribution < -0.4 is 10.6 Å². The molecule has 0 unspecified atom stereocenters. The van der Waals surface area contributed by atoms with Crippen LogP contribution in [-0.4, -0.2) is 22.8 Å². The van der Waals surface area contributed by atoms with Gasteiger partial charge in [-0.05, 0) is 36.6 Å². The minimum absolute atomic E-state index is 0.0560. The number of hydrogen-bond donors (Lipinski definition) is 2. The fourth-order valence-corrected chi connectivity index (χ4v) is 2.66. The van der Waals surface area contributed by atoms with Gasteiger partial charge in [-0.15, -0.1) is 0 Å². The Morgan fingerprint density at radius 2 is 1.81 bits per heavy atom. The second kappa shape index (κ2) is 8.64. The number of carbonyl (C=O) groups is 2. The quantitative estimate of drug-likeness (QED) is 0.576. The van der Waals surface area contributed by atoms with Crippen molar-refractivity contribution in [2.24, 2.45) is 5.92 Å². The van der Waals surface area contributed by atoms with Crippen LogP contribution in [0.4, 0.5) is 11.4 Å². The predicted molar refractivity (Wildman–Crippen MR) is 104 cm³/mol. The van der Waals surface area contributed by atoms with Crippen molar-refractivity contribution in [3.63, 3.8) is 0 Å². The van der Waals surface area contributed by atoms with Gasteiger partial charge in [-0.2, -0.15) is 0 Å². The number of nitro groups is 1. The Morgan fingerprint density at radius 1 is 1.15 bits per heavy atom. The minimum atomic E-state index is -0.813. The topological polar surface area (TPSA) is 101 Å². The Bertz CT molecular complexity index is 883. The van der Waals surface area contributed by atoms with E-state index in [4.69, 9.17) is 11.6 Å². The molecule has 7 nitrogen and oxygen atoms in total. The molecule has 0 spiro atoms. The molecule has 0 aliphatic rings. The summed E-state index contributed by atoms with van der Waals surface area (Å²) in [4.78, 5) is 35.5. The molecule has 2 aromatic carbocycles. The number of para-hydroxylation sites is 1. The van der Waals surface area contributed by atoms with Gasteiger partial charge in [0.1, 0.15) is 11.1 Å². The van der Waals surface area contributed by atoms with Gasteiger partial charge in [0.15, 0.2) is 0 Å². The van der Waals surface area contributed by atoms with Gasteiger partial charge in [0.05, 0.1) is 4.92 Å². The van der Waals surface area contributed by atoms with Crippen LogP contribution >= 0.6 is 11.6 Å². The monoisotopic (exact) mass is 389 g/mol. The molecule has 2 N–H and O–H groups in total. The highest BCUT2D eigenvalue weighted by molar-refractivity contribution is 6.32. The number of nitrogens with one attached hydrogen (secondary N) is 2. The first-order chi connectivity index (χ1) is 12.7. The summed E-state index contributed by atoms with van der Waals surface area (Å²) >= 11 is 5.77. The summed E-state index contributed by atoms with van der Waals surface area (Å²) in [5.74, 6) is -1.15. The van der Waals surface area contributed by atoms with Gasteiger partial charge < -0.3 is 10.6 Å². The zero-order valence-corrected chi connectivity index (χ0v) is 15.9. The molecule has 8 heteroatoms. The Labute approximate surface area is 161 Å². The van der Waals surface area contributed by atoms with Crippen LogP contribution in [0.15, 0.2) is 42.5 Å². The SMILES string of the molecule is Cc1ccccc1NC(=O)[C@@H](NC(=O)c1ccc(Cl)c([N+](=O)[O-])c1)C(C)C. The first-order valence-corrected chi connectivity index (χ1v) is 8.69. The van der Waals surface area contributed by atoms with Gasteiger partial charge in [0.25, 0.3) is 11.6 Å². The van der Waals surface area contributed by atoms with Crippen LogP contribution in [0.25, 0.3) is 0 Å². The third kappa shape index (κ3) is 5.04. The van der Waals surface area contributed by atoms with Crippen LogP contribution in [-0.2, 0) is 4.79 Å². The molecule has 0 saturated carbocycles. The number of amides is 2. The van der Waals surface area contributed by atoms with Crippen LogP contribution in [0.3, 0.4) is 0 Å². The summed E-state index contributed by atoms with van der Waals surface area (Å²) < 4.78 is 0. The van der Waals surface area contributed by atoms with E-state index in [-0.39, 0.29) is 28.1 Å². The molecule has 142 valence electrons. The van der Waals surface area contributed by atoms with E-state index in [0.717, 1.165) is 11.6 Å². The molecule has 2 amide bonds. The molecular weight excluding hydrogens is 370 g/mol. The molecular formula is C19H20ClN3O4. The third-order valence-electron chi connectivity index (χ3n) is 4.04. The van der Waals surface area contributed by atoms with Crippen molar-refractivity contribution in [3.05, 3.63) is 68.7 Å². The van der Waals surface area contributed by atoms with E-state index in [2.05, 4.69) is 10.6 Å². The molecule has 1 atom stereocenters. The largest absolute Gasteiger partial charge is 0.340 e. The first-order valence-electron chi connectivity index (χ1n) is 8.32. The number of rotatable bonds is 6. The van der Waals surface area contributed by atoms with Gasteiger partial charge in [-0.25, -0.2) is 0 Å². The third-order valence-corrected chi connectivity index (χ3v) is 4.36. The Hall–Kier alpha value is -2.93. The van der Waals surface area contributed by atoms with E-state index in [0.29, 0.717) is 5.69 Å². The van der Waals surface area contributed by atoms with Gasteiger partial charge in [-0.3, -0.25) is 19.7 Å². The summed E-state index contributed by atoms with van der Waals surface area (Å²) in [6.45, 7) is 5.46. The highest BCUT2D eigenvalue weighted by Gasteiger charge is 2.26. The molecule has 0 heterocycles. The predicted octanol–water partition coefficient (Wildman–Crippen LogP) is 3.95. The molecule has 0 bridgehead atoms. The van der Waals surface area contributed by atoms with Gasteiger partial charge in [0.2, 0.25) is 5.91 Å². The number of benzene rings is 2. The maximum Gasteiger partial charge on any atom is 0.288 e. The minimum Gasteiger partial charge on any atom is -0.340 e. The second-order valence-corrected chi connectivity index (χ2v) is 6.83. The van der Waals surface area contributed by atoms with Crippen molar-refractivity contribution in [2.75, 3.05) is 5.32 Å². The van der Waals surface area contributed by atoms with Crippen molar-refractivity contribution >= 4 is 34.8 Å². The molecule has 0 aliphatic carbocycles. The fourth-order valence-electron chi connectivity index (χ4n) is 2.48. The van der Waals surface area contributed by atoms with Crippen molar-refractivity contribution in [1.29, 1.82) is 0 Å². The van der Waals surface area contributed by atoms with E-state index in [1.807, 2.05) is 19.1 Å².